The van der Waals surface area contributed by atoms with E-state index in [4.69, 9.17) is 0 Å². The average molecular weight is 447 g/mol. The Balaban J connectivity index is 1.73. The van der Waals surface area contributed by atoms with Crippen LogP contribution in [0.2, 0.25) is 0 Å². The molecule has 0 saturated heterocycles. The molecule has 0 unspecified atom stereocenters. The van der Waals surface area contributed by atoms with Crippen LogP contribution in [0.5, 0.6) is 0 Å². The van der Waals surface area contributed by atoms with Gasteiger partial charge in [0, 0.05) is 5.56 Å². The molecule has 1 saturated carbocycles. The average Bonchev–Trinajstić information content (AvgIpc) is 2.79. The zero-order valence-electron chi connectivity index (χ0n) is 19.0. The van der Waals surface area contributed by atoms with Crippen molar-refractivity contribution in [3.8, 4) is 0 Å². The van der Waals surface area contributed by atoms with Gasteiger partial charge in [-0.05, 0) is 31.6 Å². The number of hydrogen-bond donors (Lipinski definition) is 0. The summed E-state index contributed by atoms with van der Waals surface area (Å²) in [6.45, 7) is 2.24. The smallest absolute Gasteiger partial charge is 0.360 e. The molecule has 0 aliphatic heterocycles. The van der Waals surface area contributed by atoms with Gasteiger partial charge < -0.3 is 5.53 Å². The minimum Gasteiger partial charge on any atom is -0.360 e. The van der Waals surface area contributed by atoms with Crippen LogP contribution >= 0.6 is 0 Å². The molecule has 0 amide bonds. The van der Waals surface area contributed by atoms with Crippen molar-refractivity contribution in [2.24, 2.45) is 5.92 Å². The first-order chi connectivity index (χ1) is 15.0. The number of hydrogen-bond acceptors (Lipinski definition) is 3. The molecule has 1 fully saturated rings. The third-order valence-electron chi connectivity index (χ3n) is 6.54. The molecule has 1 aromatic carbocycles. The number of nitrogens with zero attached hydrogens (tertiary/aromatic N) is 2. The largest absolute Gasteiger partial charge is 0.452 e. The molecule has 2 rings (SSSR count). The molecular weight excluding hydrogens is 408 g/mol. The summed E-state index contributed by atoms with van der Waals surface area (Å²) in [5.41, 5.74) is 9.53. The van der Waals surface area contributed by atoms with Crippen LogP contribution in [0.25, 0.3) is 5.53 Å². The quantitative estimate of drug-likeness (QED) is 0.0878. The maximum atomic E-state index is 13.0. The molecule has 1 aliphatic carbocycles. The van der Waals surface area contributed by atoms with Gasteiger partial charge in [-0.2, -0.15) is 0 Å². The number of benzene rings is 1. The zero-order chi connectivity index (χ0) is 22.5. The molecule has 5 nitrogen and oxygen atoms in total. The summed E-state index contributed by atoms with van der Waals surface area (Å²) in [5.74, 6) is -0.171. The van der Waals surface area contributed by atoms with Gasteiger partial charge in [0.05, 0.1) is 5.25 Å². The van der Waals surface area contributed by atoms with Gasteiger partial charge in [-0.1, -0.05) is 101 Å². The molecule has 0 N–H and O–H groups in total. The lowest BCUT2D eigenvalue weighted by atomic mass is 9.85. The Kier molecular flexibility index (Phi) is 11.2. The number of rotatable bonds is 13. The highest BCUT2D eigenvalue weighted by atomic mass is 32.2. The van der Waals surface area contributed by atoms with Crippen molar-refractivity contribution in [2.75, 3.05) is 0 Å². The van der Waals surface area contributed by atoms with E-state index in [1.54, 1.807) is 18.2 Å². The number of unbranched alkanes of at least 4 members (excludes halogenated alkanes) is 8. The molecule has 1 aromatic rings. The lowest BCUT2D eigenvalue weighted by Gasteiger charge is -2.27. The summed E-state index contributed by atoms with van der Waals surface area (Å²) in [7, 11) is -3.94. The Hall–Kier alpha value is -1.78. The molecule has 0 aromatic heterocycles. The van der Waals surface area contributed by atoms with Crippen molar-refractivity contribution in [2.45, 2.75) is 102 Å². The monoisotopic (exact) mass is 446 g/mol. The molecular formula is C25H38N2O3S. The van der Waals surface area contributed by atoms with E-state index in [-0.39, 0.29) is 5.56 Å². The van der Waals surface area contributed by atoms with Crippen molar-refractivity contribution in [3.05, 3.63) is 41.4 Å². The van der Waals surface area contributed by atoms with Gasteiger partial charge in [-0.15, -0.1) is 4.79 Å². The van der Waals surface area contributed by atoms with E-state index in [1.807, 2.05) is 0 Å². The summed E-state index contributed by atoms with van der Waals surface area (Å²) in [4.78, 5) is 15.5. The van der Waals surface area contributed by atoms with Crippen LogP contribution in [0.3, 0.4) is 0 Å². The number of ketones is 1. The summed E-state index contributed by atoms with van der Waals surface area (Å²) in [5, 5.41) is -1.36. The Morgan fingerprint density at radius 2 is 1.45 bits per heavy atom. The normalized spacial score (nSPS) is 19.0. The van der Waals surface area contributed by atoms with Crippen molar-refractivity contribution in [3.63, 3.8) is 0 Å². The number of sulfone groups is 1. The number of Topliss-reactive ketones (excluding diaryl/α,β-unsaturated/α-hetero) is 1. The second-order valence-electron chi connectivity index (χ2n) is 8.91. The lowest BCUT2D eigenvalue weighted by Crippen LogP contribution is -2.36. The number of carbonyl (C=O) groups excluding carboxylic acids is 1. The van der Waals surface area contributed by atoms with Gasteiger partial charge in [0.15, 0.2) is 0 Å². The standard InChI is InChI=1S/C25H38N2O3S/c1-2-3-4-5-6-7-8-9-11-14-21-17-19-23(20-18-21)31(29,30)25(27-26)24(28)22-15-12-10-13-16-22/h10,12-13,15-16,21,23H,2-9,11,14,17-20H2,1H3. The highest BCUT2D eigenvalue weighted by Crippen LogP contribution is 2.32. The van der Waals surface area contributed by atoms with Crippen molar-refractivity contribution >= 4 is 20.7 Å². The first kappa shape index (κ1) is 25.5. The van der Waals surface area contributed by atoms with E-state index >= 15 is 0 Å². The second-order valence-corrected chi connectivity index (χ2v) is 11.0. The Bertz CT molecular complexity index is 822. The van der Waals surface area contributed by atoms with Gasteiger partial charge in [0.25, 0.3) is 15.6 Å². The summed E-state index contributed by atoms with van der Waals surface area (Å²) in [6, 6.07) is 8.13. The van der Waals surface area contributed by atoms with E-state index in [0.29, 0.717) is 18.8 Å². The van der Waals surface area contributed by atoms with E-state index in [1.165, 1.54) is 69.9 Å². The maximum absolute atomic E-state index is 13.0. The predicted molar refractivity (Wildman–Crippen MR) is 126 cm³/mol. The Labute approximate surface area is 188 Å². The van der Waals surface area contributed by atoms with Gasteiger partial charge in [-0.3, -0.25) is 4.79 Å². The Morgan fingerprint density at radius 3 is 2.00 bits per heavy atom. The first-order valence-electron chi connectivity index (χ1n) is 12.1. The fraction of sp³-hybridized carbons (Fsp3) is 0.680. The van der Waals surface area contributed by atoms with E-state index in [0.717, 1.165) is 19.3 Å². The summed E-state index contributed by atoms with van der Waals surface area (Å²) >= 11 is 0. The molecule has 6 heteroatoms. The molecule has 0 atom stereocenters. The van der Waals surface area contributed by atoms with Crippen LogP contribution in [0.15, 0.2) is 30.3 Å². The summed E-state index contributed by atoms with van der Waals surface area (Å²) < 4.78 is 25.9. The fourth-order valence-corrected chi connectivity index (χ4v) is 6.28. The van der Waals surface area contributed by atoms with Gasteiger partial charge in [-0.25, -0.2) is 8.42 Å². The van der Waals surface area contributed by atoms with Crippen LogP contribution in [0, 0.1) is 5.92 Å². The molecule has 0 spiro atoms. The second kappa shape index (κ2) is 13.6. The third kappa shape index (κ3) is 8.01. The van der Waals surface area contributed by atoms with E-state index in [9.17, 15) is 18.7 Å². The predicted octanol–water partition coefficient (Wildman–Crippen LogP) is 6.39. The SMILES string of the molecule is CCCCCCCCCCCC1CCC(S(=O)(=O)C(=[N+]=[N-])C(=O)c2ccccc2)CC1. The molecule has 0 bridgehead atoms. The van der Waals surface area contributed by atoms with Crippen LogP contribution in [-0.2, 0) is 9.84 Å². The first-order valence-corrected chi connectivity index (χ1v) is 13.6. The molecule has 0 radical (unpaired) electrons. The van der Waals surface area contributed by atoms with Gasteiger partial charge in [0.2, 0.25) is 0 Å². The molecule has 1 aliphatic rings. The lowest BCUT2D eigenvalue weighted by molar-refractivity contribution is -0.00170. The van der Waals surface area contributed by atoms with E-state index < -0.39 is 25.9 Å². The summed E-state index contributed by atoms with van der Waals surface area (Å²) in [6.07, 6.45) is 15.8. The van der Waals surface area contributed by atoms with Gasteiger partial charge >= 0.3 is 5.04 Å². The zero-order valence-corrected chi connectivity index (χ0v) is 19.8. The van der Waals surface area contributed by atoms with Crippen LogP contribution in [0.1, 0.15) is 107 Å². The van der Waals surface area contributed by atoms with E-state index in [2.05, 4.69) is 11.7 Å². The minimum absolute atomic E-state index is 0.220. The molecule has 31 heavy (non-hydrogen) atoms. The highest BCUT2D eigenvalue weighted by Gasteiger charge is 2.43. The van der Waals surface area contributed by atoms with Crippen molar-refractivity contribution in [1.29, 1.82) is 0 Å². The van der Waals surface area contributed by atoms with Crippen molar-refractivity contribution in [1.82, 2.24) is 0 Å². The minimum atomic E-state index is -3.94. The van der Waals surface area contributed by atoms with Crippen LogP contribution < -0.4 is 0 Å². The number of carbonyl (C=O) groups is 1. The topological polar surface area (TPSA) is 87.6 Å². The van der Waals surface area contributed by atoms with Crippen LogP contribution in [0.4, 0.5) is 0 Å². The highest BCUT2D eigenvalue weighted by molar-refractivity contribution is 8.08. The molecule has 172 valence electrons. The van der Waals surface area contributed by atoms with Gasteiger partial charge in [0.1, 0.15) is 0 Å². The maximum Gasteiger partial charge on any atom is 0.452 e. The van der Waals surface area contributed by atoms with Crippen molar-refractivity contribution < 1.29 is 18.0 Å². The third-order valence-corrected chi connectivity index (χ3v) is 8.69. The fourth-order valence-electron chi connectivity index (χ4n) is 4.58. The van der Waals surface area contributed by atoms with Crippen LogP contribution in [-0.4, -0.2) is 29.3 Å². The molecule has 0 heterocycles. The Morgan fingerprint density at radius 1 is 0.903 bits per heavy atom.